The molecule has 1 amide bonds. The van der Waals surface area contributed by atoms with Crippen LogP contribution in [0.3, 0.4) is 0 Å². The molecule has 0 aromatic heterocycles. The van der Waals surface area contributed by atoms with E-state index < -0.39 is 0 Å². The Labute approximate surface area is 104 Å². The van der Waals surface area contributed by atoms with E-state index in [0.29, 0.717) is 18.9 Å². The summed E-state index contributed by atoms with van der Waals surface area (Å²) >= 11 is 0. The van der Waals surface area contributed by atoms with Crippen LogP contribution in [0, 0.1) is 11.8 Å². The fourth-order valence-electron chi connectivity index (χ4n) is 3.04. The molecule has 0 unspecified atom stereocenters. The Morgan fingerprint density at radius 3 is 2.65 bits per heavy atom. The molecule has 1 saturated heterocycles. The first-order chi connectivity index (χ1) is 8.27. The van der Waals surface area contributed by atoms with Crippen LogP contribution in [-0.2, 0) is 9.63 Å². The molecule has 17 heavy (non-hydrogen) atoms. The van der Waals surface area contributed by atoms with E-state index in [1.807, 2.05) is 0 Å². The fraction of sp³-hybridized carbons (Fsp3) is 0.929. The van der Waals surface area contributed by atoms with Crippen molar-refractivity contribution in [1.82, 2.24) is 5.06 Å². The number of carbonyl (C=O) groups is 1. The first kappa shape index (κ1) is 12.9. The molecule has 0 radical (unpaired) electrons. The summed E-state index contributed by atoms with van der Waals surface area (Å²) in [5.41, 5.74) is 0. The zero-order chi connectivity index (χ0) is 12.1. The van der Waals surface area contributed by atoms with Crippen molar-refractivity contribution < 1.29 is 9.63 Å². The number of hydrogen-bond donors (Lipinski definition) is 0. The third kappa shape index (κ3) is 3.70. The third-order valence-corrected chi connectivity index (χ3v) is 4.23. The Morgan fingerprint density at radius 1 is 1.24 bits per heavy atom. The molecule has 2 aliphatic rings. The summed E-state index contributed by atoms with van der Waals surface area (Å²) in [5, 5.41) is 1.60. The maximum absolute atomic E-state index is 12.1. The topological polar surface area (TPSA) is 29.5 Å². The number of hydrogen-bond acceptors (Lipinski definition) is 2. The average molecular weight is 239 g/mol. The summed E-state index contributed by atoms with van der Waals surface area (Å²) in [4.78, 5) is 17.5. The van der Waals surface area contributed by atoms with Crippen LogP contribution in [0.25, 0.3) is 0 Å². The lowest BCUT2D eigenvalue weighted by Crippen LogP contribution is -2.37. The molecule has 3 nitrogen and oxygen atoms in total. The number of nitrogens with zero attached hydrogens (tertiary/aromatic N) is 1. The Morgan fingerprint density at radius 2 is 2.00 bits per heavy atom. The van der Waals surface area contributed by atoms with Gasteiger partial charge in [0.15, 0.2) is 0 Å². The van der Waals surface area contributed by atoms with Crippen molar-refractivity contribution in [2.24, 2.45) is 11.8 Å². The van der Waals surface area contributed by atoms with Gasteiger partial charge in [0.2, 0.25) is 5.91 Å². The molecular formula is C14H25NO2. The van der Waals surface area contributed by atoms with Crippen LogP contribution in [0.15, 0.2) is 0 Å². The molecule has 0 aromatic carbocycles. The lowest BCUT2D eigenvalue weighted by molar-refractivity contribution is -0.198. The summed E-state index contributed by atoms with van der Waals surface area (Å²) < 4.78 is 0. The van der Waals surface area contributed by atoms with Gasteiger partial charge in [0.05, 0.1) is 6.61 Å². The molecule has 1 aliphatic heterocycles. The van der Waals surface area contributed by atoms with E-state index in [1.54, 1.807) is 5.06 Å². The molecule has 0 spiro atoms. The van der Waals surface area contributed by atoms with Crippen molar-refractivity contribution in [3.05, 3.63) is 0 Å². The maximum Gasteiger partial charge on any atom is 0.246 e. The van der Waals surface area contributed by atoms with Crippen LogP contribution in [0.1, 0.15) is 58.3 Å². The molecule has 1 atom stereocenters. The van der Waals surface area contributed by atoms with Gasteiger partial charge in [0, 0.05) is 13.0 Å². The minimum absolute atomic E-state index is 0.197. The second-order valence-electron chi connectivity index (χ2n) is 5.62. The van der Waals surface area contributed by atoms with E-state index in [9.17, 15) is 4.79 Å². The Bertz CT molecular complexity index is 243. The zero-order valence-electron chi connectivity index (χ0n) is 11.0. The highest BCUT2D eigenvalue weighted by Crippen LogP contribution is 2.31. The van der Waals surface area contributed by atoms with E-state index in [4.69, 9.17) is 4.84 Å². The standard InChI is InChI=1S/C14H25NO2/c1-12(13-7-3-2-4-8-13)11-14(16)15-9-5-6-10-17-15/h12-13H,2-11H2,1H3/t12-/m1/s1. The van der Waals surface area contributed by atoms with Gasteiger partial charge >= 0.3 is 0 Å². The first-order valence-corrected chi connectivity index (χ1v) is 7.20. The SMILES string of the molecule is C[C@H](CC(=O)N1CCCCO1)C1CCCCC1. The molecule has 1 heterocycles. The number of carbonyl (C=O) groups excluding carboxylic acids is 1. The van der Waals surface area contributed by atoms with Gasteiger partial charge in [-0.05, 0) is 24.7 Å². The smallest absolute Gasteiger partial charge is 0.246 e. The van der Waals surface area contributed by atoms with E-state index in [0.717, 1.165) is 25.3 Å². The zero-order valence-corrected chi connectivity index (χ0v) is 11.0. The summed E-state index contributed by atoms with van der Waals surface area (Å²) in [5.74, 6) is 1.48. The van der Waals surface area contributed by atoms with Gasteiger partial charge in [0.1, 0.15) is 0 Å². The largest absolute Gasteiger partial charge is 0.273 e. The number of amides is 1. The highest BCUT2D eigenvalue weighted by Gasteiger charge is 2.25. The van der Waals surface area contributed by atoms with Gasteiger partial charge in [-0.3, -0.25) is 9.63 Å². The van der Waals surface area contributed by atoms with Gasteiger partial charge in [-0.15, -0.1) is 0 Å². The van der Waals surface area contributed by atoms with E-state index in [1.165, 1.54) is 32.1 Å². The Hall–Kier alpha value is -0.570. The number of rotatable bonds is 3. The number of hydroxylamine groups is 2. The summed E-state index contributed by atoms with van der Waals surface area (Å²) in [6.07, 6.45) is 9.56. The molecule has 3 heteroatoms. The van der Waals surface area contributed by atoms with Gasteiger partial charge < -0.3 is 0 Å². The minimum Gasteiger partial charge on any atom is -0.273 e. The molecule has 2 rings (SSSR count). The van der Waals surface area contributed by atoms with Gasteiger partial charge in [-0.25, -0.2) is 5.06 Å². The summed E-state index contributed by atoms with van der Waals surface area (Å²) in [7, 11) is 0. The molecule has 98 valence electrons. The summed E-state index contributed by atoms with van der Waals surface area (Å²) in [6.45, 7) is 3.73. The van der Waals surface area contributed by atoms with Crippen LogP contribution < -0.4 is 0 Å². The van der Waals surface area contributed by atoms with Gasteiger partial charge in [0.25, 0.3) is 0 Å². The molecular weight excluding hydrogens is 214 g/mol. The summed E-state index contributed by atoms with van der Waals surface area (Å²) in [6, 6.07) is 0. The second-order valence-corrected chi connectivity index (χ2v) is 5.62. The van der Waals surface area contributed by atoms with Crippen molar-refractivity contribution >= 4 is 5.91 Å². The lowest BCUT2D eigenvalue weighted by Gasteiger charge is -2.30. The van der Waals surface area contributed by atoms with Crippen LogP contribution in [0.2, 0.25) is 0 Å². The van der Waals surface area contributed by atoms with Crippen LogP contribution in [0.5, 0.6) is 0 Å². The van der Waals surface area contributed by atoms with E-state index >= 15 is 0 Å². The first-order valence-electron chi connectivity index (χ1n) is 7.20. The van der Waals surface area contributed by atoms with Gasteiger partial charge in [-0.1, -0.05) is 39.0 Å². The normalized spacial score (nSPS) is 24.6. The van der Waals surface area contributed by atoms with Crippen molar-refractivity contribution in [3.8, 4) is 0 Å². The predicted octanol–water partition coefficient (Wildman–Crippen LogP) is 3.15. The van der Waals surface area contributed by atoms with Crippen molar-refractivity contribution in [3.63, 3.8) is 0 Å². The Kier molecular flexibility index (Phi) is 4.84. The second kappa shape index (κ2) is 6.39. The van der Waals surface area contributed by atoms with E-state index in [2.05, 4.69) is 6.92 Å². The minimum atomic E-state index is 0.197. The predicted molar refractivity (Wildman–Crippen MR) is 67.3 cm³/mol. The van der Waals surface area contributed by atoms with Crippen LogP contribution in [0.4, 0.5) is 0 Å². The van der Waals surface area contributed by atoms with Gasteiger partial charge in [-0.2, -0.15) is 0 Å². The maximum atomic E-state index is 12.1. The molecule has 1 aliphatic carbocycles. The Balaban J connectivity index is 1.76. The highest BCUT2D eigenvalue weighted by molar-refractivity contribution is 5.75. The van der Waals surface area contributed by atoms with Crippen molar-refractivity contribution in [2.45, 2.75) is 58.3 Å². The van der Waals surface area contributed by atoms with Crippen molar-refractivity contribution in [1.29, 1.82) is 0 Å². The monoisotopic (exact) mass is 239 g/mol. The molecule has 0 aromatic rings. The van der Waals surface area contributed by atoms with E-state index in [-0.39, 0.29) is 5.91 Å². The highest BCUT2D eigenvalue weighted by atomic mass is 16.7. The van der Waals surface area contributed by atoms with Crippen molar-refractivity contribution in [2.75, 3.05) is 13.2 Å². The quantitative estimate of drug-likeness (QED) is 0.757. The lowest BCUT2D eigenvalue weighted by atomic mass is 9.79. The molecule has 0 bridgehead atoms. The molecule has 0 N–H and O–H groups in total. The average Bonchev–Trinajstić information content (AvgIpc) is 2.40. The van der Waals surface area contributed by atoms with Crippen LogP contribution in [-0.4, -0.2) is 24.1 Å². The fourth-order valence-corrected chi connectivity index (χ4v) is 3.04. The molecule has 1 saturated carbocycles. The third-order valence-electron chi connectivity index (χ3n) is 4.23. The van der Waals surface area contributed by atoms with Crippen LogP contribution >= 0.6 is 0 Å². The molecule has 2 fully saturated rings.